The summed E-state index contributed by atoms with van der Waals surface area (Å²) in [6, 6.07) is 5.80. The molecule has 1 aromatic carbocycles. The Morgan fingerprint density at radius 3 is 2.70 bits per heavy atom. The molecular weight excluding hydrogens is 272 g/mol. The van der Waals surface area contributed by atoms with E-state index in [0.717, 1.165) is 36.8 Å². The molecule has 1 fully saturated rings. The normalized spacial score (nSPS) is 16.2. The Balaban J connectivity index is 2.04. The lowest BCUT2D eigenvalue weighted by Gasteiger charge is -2.32. The predicted molar refractivity (Wildman–Crippen MR) is 85.6 cm³/mol. The number of nitrogens with one attached hydrogen (secondary N) is 1. The van der Waals surface area contributed by atoms with Crippen molar-refractivity contribution in [2.75, 3.05) is 23.3 Å². The fourth-order valence-corrected chi connectivity index (χ4v) is 2.84. The first kappa shape index (κ1) is 15.2. The molecule has 1 saturated heterocycles. The Bertz CT molecular complexity index is 468. The van der Waals surface area contributed by atoms with E-state index in [1.165, 1.54) is 12.8 Å². The van der Waals surface area contributed by atoms with Crippen LogP contribution in [-0.4, -0.2) is 19.0 Å². The summed E-state index contributed by atoms with van der Waals surface area (Å²) in [5, 5.41) is 3.60. The molecule has 1 heterocycles. The van der Waals surface area contributed by atoms with Crippen LogP contribution in [0.2, 0.25) is 5.02 Å². The molecular formula is C16H23ClN2O. The van der Waals surface area contributed by atoms with Gasteiger partial charge in [-0.1, -0.05) is 25.4 Å². The van der Waals surface area contributed by atoms with Gasteiger partial charge in [-0.25, -0.2) is 0 Å². The number of anilines is 2. The highest BCUT2D eigenvalue weighted by molar-refractivity contribution is 6.33. The van der Waals surface area contributed by atoms with E-state index in [2.05, 4.69) is 17.1 Å². The number of carbonyl (C=O) groups excluding carboxylic acids is 1. The molecule has 0 atom stereocenters. The lowest BCUT2D eigenvalue weighted by molar-refractivity contribution is -0.116. The first-order chi connectivity index (χ1) is 9.60. The summed E-state index contributed by atoms with van der Waals surface area (Å²) in [5.74, 6) is 0.848. The van der Waals surface area contributed by atoms with Crippen molar-refractivity contribution in [3.63, 3.8) is 0 Å². The van der Waals surface area contributed by atoms with Crippen molar-refractivity contribution in [1.29, 1.82) is 0 Å². The van der Waals surface area contributed by atoms with Crippen LogP contribution in [0.3, 0.4) is 0 Å². The molecule has 0 saturated carbocycles. The summed E-state index contributed by atoms with van der Waals surface area (Å²) in [5.41, 5.74) is 1.86. The molecule has 0 radical (unpaired) electrons. The molecule has 0 aromatic heterocycles. The molecule has 2 rings (SSSR count). The van der Waals surface area contributed by atoms with Crippen molar-refractivity contribution < 1.29 is 4.79 Å². The van der Waals surface area contributed by atoms with Crippen LogP contribution in [0.1, 0.15) is 39.5 Å². The third-order valence-electron chi connectivity index (χ3n) is 3.83. The molecule has 0 aliphatic carbocycles. The Labute approximate surface area is 126 Å². The lowest BCUT2D eigenvalue weighted by atomic mass is 9.99. The monoisotopic (exact) mass is 294 g/mol. The number of nitrogens with zero attached hydrogens (tertiary/aromatic N) is 1. The zero-order valence-corrected chi connectivity index (χ0v) is 13.0. The van der Waals surface area contributed by atoms with E-state index in [-0.39, 0.29) is 5.91 Å². The molecule has 1 aromatic rings. The zero-order valence-electron chi connectivity index (χ0n) is 12.3. The summed E-state index contributed by atoms with van der Waals surface area (Å²) in [6.45, 7) is 6.41. The van der Waals surface area contributed by atoms with Gasteiger partial charge in [0.05, 0.1) is 10.7 Å². The highest BCUT2D eigenvalue weighted by Crippen LogP contribution is 2.31. The van der Waals surface area contributed by atoms with Crippen LogP contribution in [0.15, 0.2) is 18.2 Å². The van der Waals surface area contributed by atoms with Crippen LogP contribution < -0.4 is 10.2 Å². The third kappa shape index (κ3) is 3.89. The van der Waals surface area contributed by atoms with Crippen LogP contribution in [0, 0.1) is 5.92 Å². The largest absolute Gasteiger partial charge is 0.370 e. The topological polar surface area (TPSA) is 32.3 Å². The van der Waals surface area contributed by atoms with E-state index >= 15 is 0 Å². The average Bonchev–Trinajstić information content (AvgIpc) is 2.40. The van der Waals surface area contributed by atoms with Gasteiger partial charge >= 0.3 is 0 Å². The molecule has 0 spiro atoms. The summed E-state index contributed by atoms with van der Waals surface area (Å²) < 4.78 is 0. The van der Waals surface area contributed by atoms with Gasteiger partial charge in [-0.3, -0.25) is 4.79 Å². The van der Waals surface area contributed by atoms with Crippen molar-refractivity contribution in [3.05, 3.63) is 23.2 Å². The maximum Gasteiger partial charge on any atom is 0.224 e. The van der Waals surface area contributed by atoms with Crippen molar-refractivity contribution in [1.82, 2.24) is 0 Å². The number of piperidine rings is 1. The molecule has 3 nitrogen and oxygen atoms in total. The quantitative estimate of drug-likeness (QED) is 0.897. The van der Waals surface area contributed by atoms with Crippen molar-refractivity contribution in [2.24, 2.45) is 5.92 Å². The van der Waals surface area contributed by atoms with E-state index in [1.807, 2.05) is 25.1 Å². The van der Waals surface area contributed by atoms with Gasteiger partial charge in [-0.05, 0) is 43.4 Å². The van der Waals surface area contributed by atoms with Crippen molar-refractivity contribution in [2.45, 2.75) is 39.5 Å². The van der Waals surface area contributed by atoms with Crippen molar-refractivity contribution >= 4 is 28.9 Å². The summed E-state index contributed by atoms with van der Waals surface area (Å²) in [6.07, 6.45) is 3.82. The molecule has 110 valence electrons. The minimum absolute atomic E-state index is 0.0445. The molecule has 1 amide bonds. The minimum Gasteiger partial charge on any atom is -0.370 e. The van der Waals surface area contributed by atoms with E-state index in [1.54, 1.807) is 0 Å². The number of benzene rings is 1. The van der Waals surface area contributed by atoms with Gasteiger partial charge < -0.3 is 10.2 Å². The number of rotatable bonds is 4. The van der Waals surface area contributed by atoms with Crippen molar-refractivity contribution in [3.8, 4) is 0 Å². The summed E-state index contributed by atoms with van der Waals surface area (Å²) in [7, 11) is 0. The fraction of sp³-hybridized carbons (Fsp3) is 0.562. The highest BCUT2D eigenvalue weighted by Gasteiger charge is 2.18. The van der Waals surface area contributed by atoms with E-state index in [9.17, 15) is 4.79 Å². The number of hydrogen-bond donors (Lipinski definition) is 1. The maximum atomic E-state index is 11.6. The van der Waals surface area contributed by atoms with Crippen LogP contribution >= 0.6 is 11.6 Å². The lowest BCUT2D eigenvalue weighted by Crippen LogP contribution is -2.32. The molecule has 0 unspecified atom stereocenters. The number of hydrogen-bond acceptors (Lipinski definition) is 2. The van der Waals surface area contributed by atoms with E-state index in [4.69, 9.17) is 11.6 Å². The van der Waals surface area contributed by atoms with Crippen LogP contribution in [0.4, 0.5) is 11.4 Å². The molecule has 1 N–H and O–H groups in total. The van der Waals surface area contributed by atoms with Gasteiger partial charge in [0.1, 0.15) is 0 Å². The smallest absolute Gasteiger partial charge is 0.224 e. The first-order valence-electron chi connectivity index (χ1n) is 7.44. The molecule has 1 aliphatic rings. The van der Waals surface area contributed by atoms with Gasteiger partial charge in [-0.2, -0.15) is 0 Å². The van der Waals surface area contributed by atoms with Gasteiger partial charge in [-0.15, -0.1) is 0 Å². The Morgan fingerprint density at radius 1 is 1.40 bits per heavy atom. The molecule has 20 heavy (non-hydrogen) atoms. The SMILES string of the molecule is CCCC(=O)Nc1ccc(N2CCC(C)CC2)c(Cl)c1. The van der Waals surface area contributed by atoms with Crippen LogP contribution in [-0.2, 0) is 4.79 Å². The number of halogens is 1. The Morgan fingerprint density at radius 2 is 2.10 bits per heavy atom. The minimum atomic E-state index is 0.0445. The molecule has 4 heteroatoms. The summed E-state index contributed by atoms with van der Waals surface area (Å²) >= 11 is 6.37. The molecule has 0 bridgehead atoms. The van der Waals surface area contributed by atoms with Crippen LogP contribution in [0.25, 0.3) is 0 Å². The second kappa shape index (κ2) is 6.98. The summed E-state index contributed by atoms with van der Waals surface area (Å²) in [4.78, 5) is 13.9. The molecule has 1 aliphatic heterocycles. The van der Waals surface area contributed by atoms with Gasteiger partial charge in [0.2, 0.25) is 5.91 Å². The standard InChI is InChI=1S/C16H23ClN2O/c1-3-4-16(20)18-13-5-6-15(14(17)11-13)19-9-7-12(2)8-10-19/h5-6,11-12H,3-4,7-10H2,1-2H3,(H,18,20). The Hall–Kier alpha value is -1.22. The first-order valence-corrected chi connectivity index (χ1v) is 7.82. The second-order valence-corrected chi connectivity index (χ2v) is 6.04. The van der Waals surface area contributed by atoms with Crippen LogP contribution in [0.5, 0.6) is 0 Å². The number of amides is 1. The maximum absolute atomic E-state index is 11.6. The van der Waals surface area contributed by atoms with Gasteiger partial charge in [0, 0.05) is 25.2 Å². The second-order valence-electron chi connectivity index (χ2n) is 5.63. The zero-order chi connectivity index (χ0) is 14.5. The third-order valence-corrected chi connectivity index (χ3v) is 4.14. The predicted octanol–water partition coefficient (Wildman–Crippen LogP) is 4.31. The Kier molecular flexibility index (Phi) is 5.30. The number of carbonyl (C=O) groups is 1. The average molecular weight is 295 g/mol. The van der Waals surface area contributed by atoms with E-state index < -0.39 is 0 Å². The highest BCUT2D eigenvalue weighted by atomic mass is 35.5. The van der Waals surface area contributed by atoms with Gasteiger partial charge in [0.25, 0.3) is 0 Å². The van der Waals surface area contributed by atoms with E-state index in [0.29, 0.717) is 11.4 Å². The van der Waals surface area contributed by atoms with Gasteiger partial charge in [0.15, 0.2) is 0 Å². The fourth-order valence-electron chi connectivity index (χ4n) is 2.54.